The monoisotopic (exact) mass is 421 g/mol. The number of hydrogen-bond donors (Lipinski definition) is 3. The Balaban J connectivity index is 2.79. The average molecular weight is 422 g/mol. The maximum Gasteiger partial charge on any atom is 0.285 e. The topological polar surface area (TPSA) is 136 Å². The van der Waals surface area contributed by atoms with Crippen LogP contribution in [-0.4, -0.2) is 31.0 Å². The van der Waals surface area contributed by atoms with Gasteiger partial charge in [0.1, 0.15) is 11.3 Å². The van der Waals surface area contributed by atoms with E-state index in [1.807, 2.05) is 13.8 Å². The maximum atomic E-state index is 12.9. The molecular formula is C20H27N3O5S. The fourth-order valence-electron chi connectivity index (χ4n) is 2.97. The molecule has 2 rings (SSSR count). The molecule has 0 aliphatic carbocycles. The molecule has 1 unspecified atom stereocenters. The third-order valence-corrected chi connectivity index (χ3v) is 5.90. The lowest BCUT2D eigenvalue weighted by molar-refractivity contribution is -0.385. The number of nitro benzene ring substituents is 1. The number of benzene rings is 2. The van der Waals surface area contributed by atoms with Crippen LogP contribution in [0.1, 0.15) is 32.8 Å². The Morgan fingerprint density at radius 2 is 1.83 bits per heavy atom. The molecule has 29 heavy (non-hydrogen) atoms. The van der Waals surface area contributed by atoms with Crippen molar-refractivity contribution in [3.05, 3.63) is 52.1 Å². The van der Waals surface area contributed by atoms with Gasteiger partial charge in [0.05, 0.1) is 15.4 Å². The van der Waals surface area contributed by atoms with Crippen molar-refractivity contribution in [2.75, 3.05) is 6.54 Å². The standard InChI is InChI=1S/C20H27N3O5S/c1-13(2)12-22-29(27,28)18-11-17(24)19(15-7-5-4-6-8-15)20(23(25)26)16(18)10-9-14(3)21/h4-8,11,13-14,22,24H,9-10,12,21H2,1-3H3. The van der Waals surface area contributed by atoms with Gasteiger partial charge in [0.2, 0.25) is 10.0 Å². The van der Waals surface area contributed by atoms with Crippen LogP contribution in [0.4, 0.5) is 5.69 Å². The highest BCUT2D eigenvalue weighted by Crippen LogP contribution is 2.43. The lowest BCUT2D eigenvalue weighted by Gasteiger charge is -2.17. The first-order valence-corrected chi connectivity index (χ1v) is 10.9. The molecule has 2 aromatic rings. The fourth-order valence-corrected chi connectivity index (χ4v) is 4.47. The maximum absolute atomic E-state index is 12.9. The first kappa shape index (κ1) is 22.8. The number of rotatable bonds is 9. The van der Waals surface area contributed by atoms with Gasteiger partial charge >= 0.3 is 0 Å². The molecule has 0 saturated heterocycles. The van der Waals surface area contributed by atoms with E-state index in [0.29, 0.717) is 12.0 Å². The van der Waals surface area contributed by atoms with Crippen molar-refractivity contribution in [3.63, 3.8) is 0 Å². The predicted molar refractivity (Wildman–Crippen MR) is 112 cm³/mol. The summed E-state index contributed by atoms with van der Waals surface area (Å²) < 4.78 is 28.3. The lowest BCUT2D eigenvalue weighted by Crippen LogP contribution is -2.29. The Bertz CT molecular complexity index is 973. The molecule has 0 spiro atoms. The highest BCUT2D eigenvalue weighted by Gasteiger charge is 2.32. The molecule has 0 bridgehead atoms. The quantitative estimate of drug-likeness (QED) is 0.420. The first-order chi connectivity index (χ1) is 13.5. The molecule has 8 nitrogen and oxygen atoms in total. The van der Waals surface area contributed by atoms with Gasteiger partial charge in [-0.25, -0.2) is 13.1 Å². The number of sulfonamides is 1. The number of phenols is 1. The van der Waals surface area contributed by atoms with Gasteiger partial charge in [-0.1, -0.05) is 44.2 Å². The second kappa shape index (κ2) is 9.34. The van der Waals surface area contributed by atoms with E-state index in [1.165, 1.54) is 0 Å². The molecule has 0 heterocycles. The number of nitro groups is 1. The van der Waals surface area contributed by atoms with Gasteiger partial charge in [0.15, 0.2) is 0 Å². The van der Waals surface area contributed by atoms with Crippen molar-refractivity contribution in [1.29, 1.82) is 0 Å². The Hall–Kier alpha value is -2.49. The van der Waals surface area contributed by atoms with Gasteiger partial charge in [-0.2, -0.15) is 0 Å². The lowest BCUT2D eigenvalue weighted by atomic mass is 9.96. The van der Waals surface area contributed by atoms with Crippen LogP contribution in [-0.2, 0) is 16.4 Å². The summed E-state index contributed by atoms with van der Waals surface area (Å²) in [6, 6.07) is 9.20. The summed E-state index contributed by atoms with van der Waals surface area (Å²) in [7, 11) is -4.07. The summed E-state index contributed by atoms with van der Waals surface area (Å²) in [6.07, 6.45) is 0.443. The summed E-state index contributed by atoms with van der Waals surface area (Å²) in [5.74, 6) is -0.415. The van der Waals surface area contributed by atoms with Gasteiger partial charge < -0.3 is 10.8 Å². The molecule has 1 atom stereocenters. The minimum absolute atomic E-state index is 0.00177. The molecule has 0 aromatic heterocycles. The van der Waals surface area contributed by atoms with Crippen molar-refractivity contribution in [3.8, 4) is 16.9 Å². The molecule has 4 N–H and O–H groups in total. The van der Waals surface area contributed by atoms with Crippen LogP contribution in [0.3, 0.4) is 0 Å². The second-order valence-corrected chi connectivity index (χ2v) is 9.22. The van der Waals surface area contributed by atoms with Crippen LogP contribution in [0.15, 0.2) is 41.3 Å². The molecule has 0 fully saturated rings. The molecule has 0 aliphatic heterocycles. The summed E-state index contributed by atoms with van der Waals surface area (Å²) >= 11 is 0. The van der Waals surface area contributed by atoms with Crippen molar-refractivity contribution in [2.24, 2.45) is 11.7 Å². The van der Waals surface area contributed by atoms with Crippen molar-refractivity contribution >= 4 is 15.7 Å². The number of hydrogen-bond acceptors (Lipinski definition) is 6. The van der Waals surface area contributed by atoms with E-state index in [2.05, 4.69) is 4.72 Å². The Labute approximate surface area is 171 Å². The third kappa shape index (κ3) is 5.53. The number of nitrogens with one attached hydrogen (secondary N) is 1. The fraction of sp³-hybridized carbons (Fsp3) is 0.400. The predicted octanol–water partition coefficient (Wildman–Crippen LogP) is 3.18. The van der Waals surface area contributed by atoms with Crippen molar-refractivity contribution in [2.45, 2.75) is 44.6 Å². The van der Waals surface area contributed by atoms with Crippen LogP contribution >= 0.6 is 0 Å². The minimum atomic E-state index is -4.07. The minimum Gasteiger partial charge on any atom is -0.507 e. The number of aromatic hydroxyl groups is 1. The molecule has 0 radical (unpaired) electrons. The number of nitrogens with two attached hydrogens (primary N) is 1. The van der Waals surface area contributed by atoms with Crippen LogP contribution in [0.5, 0.6) is 5.75 Å². The number of phenolic OH excluding ortho intramolecular Hbond substituents is 1. The molecule has 158 valence electrons. The van der Waals surface area contributed by atoms with Crippen LogP contribution in [0.25, 0.3) is 11.1 Å². The zero-order valence-corrected chi connectivity index (χ0v) is 17.6. The molecule has 0 amide bonds. The van der Waals surface area contributed by atoms with Crippen LogP contribution in [0, 0.1) is 16.0 Å². The molecular weight excluding hydrogens is 394 g/mol. The smallest absolute Gasteiger partial charge is 0.285 e. The second-order valence-electron chi connectivity index (χ2n) is 7.48. The third-order valence-electron chi connectivity index (χ3n) is 4.41. The van der Waals surface area contributed by atoms with Gasteiger partial charge in [0, 0.05) is 18.7 Å². The van der Waals surface area contributed by atoms with Crippen LogP contribution in [0.2, 0.25) is 0 Å². The zero-order valence-electron chi connectivity index (χ0n) is 16.8. The van der Waals surface area contributed by atoms with E-state index < -0.39 is 26.4 Å². The summed E-state index contributed by atoms with van der Waals surface area (Å²) in [5, 5.41) is 22.6. The van der Waals surface area contributed by atoms with E-state index in [-0.39, 0.29) is 40.9 Å². The summed E-state index contributed by atoms with van der Waals surface area (Å²) in [4.78, 5) is 11.1. The van der Waals surface area contributed by atoms with E-state index in [0.717, 1.165) is 6.07 Å². The Morgan fingerprint density at radius 3 is 2.34 bits per heavy atom. The van der Waals surface area contributed by atoms with Gasteiger partial charge in [-0.15, -0.1) is 0 Å². The van der Waals surface area contributed by atoms with E-state index in [9.17, 15) is 23.6 Å². The van der Waals surface area contributed by atoms with E-state index in [1.54, 1.807) is 37.3 Å². The Kier molecular flexibility index (Phi) is 7.34. The normalized spacial score (nSPS) is 12.9. The number of nitrogens with zero attached hydrogens (tertiary/aromatic N) is 1. The van der Waals surface area contributed by atoms with Crippen LogP contribution < -0.4 is 10.5 Å². The van der Waals surface area contributed by atoms with E-state index >= 15 is 0 Å². The first-order valence-electron chi connectivity index (χ1n) is 9.38. The molecule has 0 aliphatic rings. The SMILES string of the molecule is CC(C)CNS(=O)(=O)c1cc(O)c(-c2ccccc2)c([N+](=O)[O-])c1CCC(C)N. The summed E-state index contributed by atoms with van der Waals surface area (Å²) in [5.41, 5.74) is 5.87. The largest absolute Gasteiger partial charge is 0.507 e. The van der Waals surface area contributed by atoms with Crippen molar-refractivity contribution < 1.29 is 18.4 Å². The molecule has 0 saturated carbocycles. The van der Waals surface area contributed by atoms with E-state index in [4.69, 9.17) is 5.73 Å². The summed E-state index contributed by atoms with van der Waals surface area (Å²) in [6.45, 7) is 5.61. The highest BCUT2D eigenvalue weighted by molar-refractivity contribution is 7.89. The van der Waals surface area contributed by atoms with Gasteiger partial charge in [-0.3, -0.25) is 10.1 Å². The average Bonchev–Trinajstić information content (AvgIpc) is 2.65. The highest BCUT2D eigenvalue weighted by atomic mass is 32.2. The molecule has 2 aromatic carbocycles. The zero-order chi connectivity index (χ0) is 21.8. The Morgan fingerprint density at radius 1 is 1.21 bits per heavy atom. The van der Waals surface area contributed by atoms with Gasteiger partial charge in [0.25, 0.3) is 5.69 Å². The van der Waals surface area contributed by atoms with Crippen molar-refractivity contribution in [1.82, 2.24) is 4.72 Å². The molecule has 9 heteroatoms. The van der Waals surface area contributed by atoms with Gasteiger partial charge in [-0.05, 0) is 31.2 Å².